The van der Waals surface area contributed by atoms with Crippen LogP contribution < -0.4 is 10.5 Å². The number of hydrogen-bond donors (Lipinski definition) is 3. The maximum absolute atomic E-state index is 12.1. The van der Waals surface area contributed by atoms with Crippen molar-refractivity contribution in [1.82, 2.24) is 4.72 Å². The van der Waals surface area contributed by atoms with Crippen molar-refractivity contribution >= 4 is 15.7 Å². The average molecular weight is 286 g/mol. The van der Waals surface area contributed by atoms with Crippen molar-refractivity contribution in [2.75, 3.05) is 12.3 Å². The highest BCUT2D eigenvalue weighted by molar-refractivity contribution is 7.89. The molecular formula is C13H22N2O3S. The molecule has 19 heavy (non-hydrogen) atoms. The molecule has 4 N–H and O–H groups in total. The summed E-state index contributed by atoms with van der Waals surface area (Å²) < 4.78 is 26.7. The Morgan fingerprint density at radius 1 is 1.32 bits per heavy atom. The summed E-state index contributed by atoms with van der Waals surface area (Å²) in [6.07, 6.45) is 0.508. The lowest BCUT2D eigenvalue weighted by Crippen LogP contribution is -2.28. The lowest BCUT2D eigenvalue weighted by molar-refractivity contribution is 0.162. The van der Waals surface area contributed by atoms with Gasteiger partial charge in [0, 0.05) is 6.54 Å². The Kier molecular flexibility index (Phi) is 5.34. The predicted octanol–water partition coefficient (Wildman–Crippen LogP) is 1.32. The Morgan fingerprint density at radius 3 is 2.47 bits per heavy atom. The molecule has 0 amide bonds. The Labute approximate surface area is 114 Å². The van der Waals surface area contributed by atoms with E-state index in [1.165, 1.54) is 0 Å². The van der Waals surface area contributed by atoms with E-state index in [0.717, 1.165) is 11.1 Å². The fourth-order valence-corrected chi connectivity index (χ4v) is 2.93. The highest BCUT2D eigenvalue weighted by atomic mass is 32.2. The molecule has 0 aromatic heterocycles. The molecule has 0 saturated carbocycles. The lowest BCUT2D eigenvalue weighted by atomic mass is 10.1. The Bertz CT molecular complexity index is 541. The van der Waals surface area contributed by atoms with E-state index in [0.29, 0.717) is 12.8 Å². The molecule has 0 saturated heterocycles. The molecule has 1 rings (SSSR count). The molecule has 0 radical (unpaired) electrons. The molecule has 1 atom stereocenters. The Hall–Kier alpha value is -1.11. The minimum Gasteiger partial charge on any atom is -0.398 e. The van der Waals surface area contributed by atoms with E-state index in [4.69, 9.17) is 5.73 Å². The molecule has 0 heterocycles. The summed E-state index contributed by atoms with van der Waals surface area (Å²) in [6.45, 7) is 5.77. The van der Waals surface area contributed by atoms with Crippen molar-refractivity contribution in [2.45, 2.75) is 44.6 Å². The molecule has 0 aliphatic rings. The van der Waals surface area contributed by atoms with E-state index < -0.39 is 16.1 Å². The van der Waals surface area contributed by atoms with Crippen molar-refractivity contribution in [3.05, 3.63) is 23.3 Å². The number of aliphatic hydroxyl groups is 1. The van der Waals surface area contributed by atoms with Gasteiger partial charge in [0.1, 0.15) is 4.90 Å². The van der Waals surface area contributed by atoms with Gasteiger partial charge in [-0.25, -0.2) is 13.1 Å². The summed E-state index contributed by atoms with van der Waals surface area (Å²) in [6, 6.07) is 3.23. The van der Waals surface area contributed by atoms with Crippen molar-refractivity contribution in [1.29, 1.82) is 0 Å². The number of nitrogens with one attached hydrogen (secondary N) is 1. The number of aryl methyl sites for hydroxylation is 2. The zero-order valence-electron chi connectivity index (χ0n) is 11.6. The zero-order chi connectivity index (χ0) is 14.6. The first-order valence-electron chi connectivity index (χ1n) is 6.32. The Morgan fingerprint density at radius 2 is 1.89 bits per heavy atom. The summed E-state index contributed by atoms with van der Waals surface area (Å²) >= 11 is 0. The van der Waals surface area contributed by atoms with Crippen LogP contribution in [-0.2, 0) is 10.0 Å². The zero-order valence-corrected chi connectivity index (χ0v) is 12.4. The van der Waals surface area contributed by atoms with Gasteiger partial charge in [0.25, 0.3) is 0 Å². The number of nitrogen functional groups attached to an aromatic ring is 1. The second kappa shape index (κ2) is 6.36. The van der Waals surface area contributed by atoms with Crippen LogP contribution in [-0.4, -0.2) is 26.2 Å². The fourth-order valence-electron chi connectivity index (χ4n) is 1.69. The van der Waals surface area contributed by atoms with Gasteiger partial charge in [0.05, 0.1) is 11.8 Å². The van der Waals surface area contributed by atoms with Crippen molar-refractivity contribution in [2.24, 2.45) is 0 Å². The number of anilines is 1. The fraction of sp³-hybridized carbons (Fsp3) is 0.538. The lowest BCUT2D eigenvalue weighted by Gasteiger charge is -2.12. The largest absolute Gasteiger partial charge is 0.398 e. The van der Waals surface area contributed by atoms with Crippen LogP contribution in [0, 0.1) is 13.8 Å². The average Bonchev–Trinajstić information content (AvgIpc) is 2.33. The molecule has 1 aromatic rings. The Balaban J connectivity index is 2.86. The highest BCUT2D eigenvalue weighted by Crippen LogP contribution is 2.22. The summed E-state index contributed by atoms with van der Waals surface area (Å²) in [7, 11) is -3.62. The first-order valence-corrected chi connectivity index (χ1v) is 7.80. The van der Waals surface area contributed by atoms with E-state index >= 15 is 0 Å². The second-order valence-electron chi connectivity index (χ2n) is 4.72. The van der Waals surface area contributed by atoms with Crippen molar-refractivity contribution in [3.8, 4) is 0 Å². The highest BCUT2D eigenvalue weighted by Gasteiger charge is 2.18. The summed E-state index contributed by atoms with van der Waals surface area (Å²) in [5.41, 5.74) is 7.84. The summed E-state index contributed by atoms with van der Waals surface area (Å²) in [4.78, 5) is 0.0987. The monoisotopic (exact) mass is 286 g/mol. The van der Waals surface area contributed by atoms with Gasteiger partial charge in [0.2, 0.25) is 10.0 Å². The number of hydrogen-bond acceptors (Lipinski definition) is 4. The van der Waals surface area contributed by atoms with Crippen LogP contribution in [0.25, 0.3) is 0 Å². The van der Waals surface area contributed by atoms with Gasteiger partial charge in [-0.05, 0) is 49.9 Å². The smallest absolute Gasteiger partial charge is 0.242 e. The van der Waals surface area contributed by atoms with Gasteiger partial charge in [-0.15, -0.1) is 0 Å². The van der Waals surface area contributed by atoms with Gasteiger partial charge in [0.15, 0.2) is 0 Å². The van der Waals surface area contributed by atoms with Gasteiger partial charge < -0.3 is 10.8 Å². The SMILES string of the molecule is CCC(O)CCNS(=O)(=O)c1cc(C)c(C)cc1N. The first kappa shape index (κ1) is 15.9. The molecule has 0 aliphatic heterocycles. The second-order valence-corrected chi connectivity index (χ2v) is 6.46. The van der Waals surface area contributed by atoms with Gasteiger partial charge >= 0.3 is 0 Å². The van der Waals surface area contributed by atoms with E-state index in [1.807, 2.05) is 20.8 Å². The molecule has 0 aliphatic carbocycles. The first-order chi connectivity index (χ1) is 8.77. The molecule has 5 nitrogen and oxygen atoms in total. The summed E-state index contributed by atoms with van der Waals surface area (Å²) in [5.74, 6) is 0. The number of nitrogens with two attached hydrogens (primary N) is 1. The maximum atomic E-state index is 12.1. The van der Waals surface area contributed by atoms with Crippen LogP contribution in [0.15, 0.2) is 17.0 Å². The summed E-state index contributed by atoms with van der Waals surface area (Å²) in [5, 5.41) is 9.40. The van der Waals surface area contributed by atoms with Crippen LogP contribution in [0.2, 0.25) is 0 Å². The predicted molar refractivity (Wildman–Crippen MR) is 76.4 cm³/mol. The third-order valence-electron chi connectivity index (χ3n) is 3.16. The van der Waals surface area contributed by atoms with Gasteiger partial charge in [-0.2, -0.15) is 0 Å². The molecule has 0 bridgehead atoms. The normalized spacial score (nSPS) is 13.5. The standard InChI is InChI=1S/C13H22N2O3S/c1-4-11(16)5-6-15-19(17,18)13-8-10(3)9(2)7-12(13)14/h7-8,11,15-16H,4-6,14H2,1-3H3. The quantitative estimate of drug-likeness (QED) is 0.688. The molecule has 1 aromatic carbocycles. The molecule has 1 unspecified atom stereocenters. The number of aliphatic hydroxyl groups excluding tert-OH is 1. The molecular weight excluding hydrogens is 264 g/mol. The third kappa shape index (κ3) is 4.19. The number of sulfonamides is 1. The van der Waals surface area contributed by atoms with E-state index in [-0.39, 0.29) is 17.1 Å². The number of rotatable bonds is 6. The van der Waals surface area contributed by atoms with E-state index in [9.17, 15) is 13.5 Å². The van der Waals surface area contributed by atoms with Crippen molar-refractivity contribution < 1.29 is 13.5 Å². The maximum Gasteiger partial charge on any atom is 0.242 e. The van der Waals surface area contributed by atoms with Crippen LogP contribution in [0.1, 0.15) is 30.9 Å². The minimum absolute atomic E-state index is 0.0987. The van der Waals surface area contributed by atoms with Crippen LogP contribution in [0.3, 0.4) is 0 Å². The van der Waals surface area contributed by atoms with E-state index in [1.54, 1.807) is 12.1 Å². The van der Waals surface area contributed by atoms with Crippen molar-refractivity contribution in [3.63, 3.8) is 0 Å². The molecule has 6 heteroatoms. The van der Waals surface area contributed by atoms with Crippen LogP contribution in [0.5, 0.6) is 0 Å². The van der Waals surface area contributed by atoms with E-state index in [2.05, 4.69) is 4.72 Å². The number of benzene rings is 1. The van der Waals surface area contributed by atoms with Gasteiger partial charge in [-0.1, -0.05) is 6.92 Å². The third-order valence-corrected chi connectivity index (χ3v) is 4.67. The minimum atomic E-state index is -3.62. The molecule has 0 spiro atoms. The molecule has 0 fully saturated rings. The van der Waals surface area contributed by atoms with Crippen LogP contribution in [0.4, 0.5) is 5.69 Å². The van der Waals surface area contributed by atoms with Crippen LogP contribution >= 0.6 is 0 Å². The molecule has 108 valence electrons. The van der Waals surface area contributed by atoms with Gasteiger partial charge in [-0.3, -0.25) is 0 Å². The topological polar surface area (TPSA) is 92.4 Å².